The molecule has 1 amide bonds. The number of nitrogens with one attached hydrogen (secondary N) is 1. The predicted molar refractivity (Wildman–Crippen MR) is 120 cm³/mol. The third-order valence-corrected chi connectivity index (χ3v) is 7.73. The Morgan fingerprint density at radius 2 is 2.06 bits per heavy atom. The number of hydrogen-bond donors (Lipinski definition) is 1. The van der Waals surface area contributed by atoms with Gasteiger partial charge in [-0.1, -0.05) is 6.07 Å². The summed E-state index contributed by atoms with van der Waals surface area (Å²) in [6.07, 6.45) is 5.40. The van der Waals surface area contributed by atoms with Crippen LogP contribution in [0.15, 0.2) is 53.7 Å². The molecule has 11 heteroatoms. The Labute approximate surface area is 196 Å². The minimum absolute atomic E-state index is 0.0932. The molecule has 3 aromatic rings. The normalized spacial score (nSPS) is 21.1. The van der Waals surface area contributed by atoms with Gasteiger partial charge in [0.15, 0.2) is 0 Å². The first kappa shape index (κ1) is 22.4. The number of aromatic nitrogens is 3. The molecule has 1 N–H and O–H groups in total. The smallest absolute Gasteiger partial charge is 0.283 e. The predicted octanol–water partition coefficient (Wildman–Crippen LogP) is 1.89. The first-order chi connectivity index (χ1) is 16.3. The highest BCUT2D eigenvalue weighted by molar-refractivity contribution is 7.90. The van der Waals surface area contributed by atoms with Gasteiger partial charge in [-0.2, -0.15) is 5.10 Å². The standard InChI is InChI=1S/C23H24N4O6S/c1-31-19-7-5-16(23-11-17(12-23)33-14-23)10-20(19)34(29,30)26-21(28)18-6-4-15(22(25-18)32-2)13-27-9-3-8-24-27/h3-10,17H,11-14H2,1-2H3,(H,26,28). The van der Waals surface area contributed by atoms with Crippen LogP contribution in [0, 0.1) is 0 Å². The average molecular weight is 485 g/mol. The van der Waals surface area contributed by atoms with Crippen molar-refractivity contribution in [1.82, 2.24) is 19.5 Å². The van der Waals surface area contributed by atoms with Gasteiger partial charge in [0, 0.05) is 23.4 Å². The number of pyridine rings is 1. The lowest BCUT2D eigenvalue weighted by molar-refractivity contribution is 0.0975. The van der Waals surface area contributed by atoms with Crippen molar-refractivity contribution in [1.29, 1.82) is 0 Å². The van der Waals surface area contributed by atoms with Crippen LogP contribution in [0.1, 0.15) is 34.5 Å². The van der Waals surface area contributed by atoms with Gasteiger partial charge in [-0.15, -0.1) is 0 Å². The van der Waals surface area contributed by atoms with Crippen LogP contribution in [0.3, 0.4) is 0 Å². The Hall–Kier alpha value is -3.44. The molecule has 0 radical (unpaired) electrons. The molecule has 10 nitrogen and oxygen atoms in total. The van der Waals surface area contributed by atoms with Crippen molar-refractivity contribution in [2.24, 2.45) is 0 Å². The Balaban J connectivity index is 1.40. The maximum atomic E-state index is 13.2. The zero-order valence-corrected chi connectivity index (χ0v) is 19.5. The van der Waals surface area contributed by atoms with Crippen LogP contribution >= 0.6 is 0 Å². The van der Waals surface area contributed by atoms with E-state index in [1.165, 1.54) is 20.3 Å². The molecule has 4 heterocycles. The summed E-state index contributed by atoms with van der Waals surface area (Å²) in [5.74, 6) is -0.516. The quantitative estimate of drug-likeness (QED) is 0.515. The number of ether oxygens (including phenoxy) is 3. The Morgan fingerprint density at radius 1 is 1.24 bits per heavy atom. The molecule has 0 unspecified atom stereocenters. The van der Waals surface area contributed by atoms with Crippen LogP contribution in [-0.4, -0.2) is 56.0 Å². The number of benzene rings is 1. The minimum atomic E-state index is -4.24. The summed E-state index contributed by atoms with van der Waals surface area (Å²) in [6, 6.07) is 9.93. The Bertz CT molecular complexity index is 1330. The molecule has 178 valence electrons. The fraction of sp³-hybridized carbons (Fsp3) is 0.348. The van der Waals surface area contributed by atoms with Gasteiger partial charge in [0.25, 0.3) is 15.9 Å². The number of sulfonamides is 1. The van der Waals surface area contributed by atoms with Crippen LogP contribution < -0.4 is 14.2 Å². The maximum Gasteiger partial charge on any atom is 0.283 e. The molecule has 2 aliphatic heterocycles. The molecule has 6 rings (SSSR count). The van der Waals surface area contributed by atoms with Gasteiger partial charge < -0.3 is 14.2 Å². The highest BCUT2D eigenvalue weighted by atomic mass is 32.2. The SMILES string of the molecule is COc1ccc(C23COC(C2)C3)cc1S(=O)(=O)NC(=O)c1ccc(Cn2cccn2)c(OC)n1. The third-order valence-electron chi connectivity index (χ3n) is 6.38. The van der Waals surface area contributed by atoms with E-state index in [0.717, 1.165) is 18.4 Å². The van der Waals surface area contributed by atoms with E-state index in [1.807, 2.05) is 6.07 Å². The van der Waals surface area contributed by atoms with Crippen molar-refractivity contribution in [3.8, 4) is 11.6 Å². The van der Waals surface area contributed by atoms with Crippen molar-refractivity contribution in [2.75, 3.05) is 20.8 Å². The van der Waals surface area contributed by atoms with Gasteiger partial charge in [0.1, 0.15) is 16.3 Å². The van der Waals surface area contributed by atoms with Crippen LogP contribution in [0.2, 0.25) is 0 Å². The summed E-state index contributed by atoms with van der Waals surface area (Å²) in [5.41, 5.74) is 1.28. The fourth-order valence-electron chi connectivity index (χ4n) is 4.55. The van der Waals surface area contributed by atoms with E-state index in [-0.39, 0.29) is 33.7 Å². The lowest BCUT2D eigenvalue weighted by Crippen LogP contribution is -2.37. The van der Waals surface area contributed by atoms with E-state index >= 15 is 0 Å². The van der Waals surface area contributed by atoms with Crippen LogP contribution in [0.25, 0.3) is 0 Å². The first-order valence-electron chi connectivity index (χ1n) is 10.7. The van der Waals surface area contributed by atoms with Crippen molar-refractivity contribution < 1.29 is 27.4 Å². The average Bonchev–Trinajstić information content (AvgIpc) is 3.56. The van der Waals surface area contributed by atoms with Crippen molar-refractivity contribution >= 4 is 15.9 Å². The Morgan fingerprint density at radius 3 is 2.71 bits per heavy atom. The summed E-state index contributed by atoms with van der Waals surface area (Å²) in [4.78, 5) is 17.0. The molecule has 2 bridgehead atoms. The number of hydrogen-bond acceptors (Lipinski definition) is 8. The van der Waals surface area contributed by atoms with E-state index in [0.29, 0.717) is 18.7 Å². The molecule has 1 saturated carbocycles. The van der Waals surface area contributed by atoms with E-state index in [9.17, 15) is 13.2 Å². The summed E-state index contributed by atoms with van der Waals surface area (Å²) in [6.45, 7) is 0.949. The number of carbonyl (C=O) groups excluding carboxylic acids is 1. The molecule has 0 spiro atoms. The number of nitrogens with zero attached hydrogens (tertiary/aromatic N) is 3. The topological polar surface area (TPSA) is 122 Å². The highest BCUT2D eigenvalue weighted by Gasteiger charge is 2.53. The molecule has 1 aromatic carbocycles. The number of rotatable bonds is 8. The third kappa shape index (κ3) is 3.90. The molecule has 34 heavy (non-hydrogen) atoms. The van der Waals surface area contributed by atoms with Gasteiger partial charge >= 0.3 is 0 Å². The monoisotopic (exact) mass is 484 g/mol. The van der Waals surface area contributed by atoms with Crippen LogP contribution in [-0.2, 0) is 26.7 Å². The summed E-state index contributed by atoms with van der Waals surface area (Å²) < 4.78 is 46.5. The Kier molecular flexibility index (Phi) is 5.53. The van der Waals surface area contributed by atoms with E-state index in [4.69, 9.17) is 14.2 Å². The molecular weight excluding hydrogens is 460 g/mol. The molecule has 3 fully saturated rings. The molecule has 2 saturated heterocycles. The van der Waals surface area contributed by atoms with Crippen LogP contribution in [0.5, 0.6) is 11.6 Å². The van der Waals surface area contributed by atoms with Gasteiger partial charge in [-0.25, -0.2) is 18.1 Å². The second-order valence-electron chi connectivity index (χ2n) is 8.49. The molecule has 1 aliphatic carbocycles. The van der Waals surface area contributed by atoms with Crippen LogP contribution in [0.4, 0.5) is 0 Å². The summed E-state index contributed by atoms with van der Waals surface area (Å²) in [5, 5.41) is 4.14. The molecule has 3 aliphatic rings. The van der Waals surface area contributed by atoms with Gasteiger partial charge in [-0.05, 0) is 48.7 Å². The number of methoxy groups -OCH3 is 2. The second kappa shape index (κ2) is 8.41. The van der Waals surface area contributed by atoms with Gasteiger partial charge in [-0.3, -0.25) is 9.48 Å². The number of fused-ring (bicyclic) bond motifs is 1. The summed E-state index contributed by atoms with van der Waals surface area (Å²) in [7, 11) is -1.43. The fourth-order valence-corrected chi connectivity index (χ4v) is 5.71. The molecule has 0 atom stereocenters. The van der Waals surface area contributed by atoms with Crippen molar-refractivity contribution in [3.63, 3.8) is 0 Å². The zero-order valence-electron chi connectivity index (χ0n) is 18.7. The van der Waals surface area contributed by atoms with Crippen molar-refractivity contribution in [2.45, 2.75) is 35.8 Å². The molecule has 2 aromatic heterocycles. The van der Waals surface area contributed by atoms with Gasteiger partial charge in [0.05, 0.1) is 33.5 Å². The van der Waals surface area contributed by atoms with Gasteiger partial charge in [0.2, 0.25) is 5.88 Å². The lowest BCUT2D eigenvalue weighted by atomic mass is 9.66. The minimum Gasteiger partial charge on any atom is -0.495 e. The zero-order chi connectivity index (χ0) is 23.9. The second-order valence-corrected chi connectivity index (χ2v) is 10.1. The lowest BCUT2D eigenvalue weighted by Gasteiger charge is -2.36. The number of carbonyl (C=O) groups is 1. The van der Waals surface area contributed by atoms with E-state index in [2.05, 4.69) is 14.8 Å². The first-order valence-corrected chi connectivity index (χ1v) is 12.2. The van der Waals surface area contributed by atoms with Crippen molar-refractivity contribution in [3.05, 3.63) is 65.6 Å². The highest BCUT2D eigenvalue weighted by Crippen LogP contribution is 2.52. The largest absolute Gasteiger partial charge is 0.495 e. The maximum absolute atomic E-state index is 13.2. The summed E-state index contributed by atoms with van der Waals surface area (Å²) >= 11 is 0. The van der Waals surface area contributed by atoms with E-state index < -0.39 is 15.9 Å². The molecular formula is C23H24N4O6S. The number of amides is 1. The van der Waals surface area contributed by atoms with E-state index in [1.54, 1.807) is 41.3 Å².